The van der Waals surface area contributed by atoms with Gasteiger partial charge in [0.1, 0.15) is 0 Å². The second-order valence-corrected chi connectivity index (χ2v) is 7.31. The van der Waals surface area contributed by atoms with E-state index in [1.54, 1.807) is 29.7 Å². The number of furan rings is 1. The van der Waals surface area contributed by atoms with E-state index in [9.17, 15) is 4.79 Å². The number of aromatic nitrogens is 3. The Morgan fingerprint density at radius 1 is 1.38 bits per heavy atom. The van der Waals surface area contributed by atoms with Crippen LogP contribution in [0.15, 0.2) is 27.6 Å². The predicted octanol–water partition coefficient (Wildman–Crippen LogP) is 2.66. The molecule has 0 radical (unpaired) electrons. The predicted molar refractivity (Wildman–Crippen MR) is 92.0 cm³/mol. The van der Waals surface area contributed by atoms with Crippen LogP contribution in [0.5, 0.6) is 0 Å². The van der Waals surface area contributed by atoms with Gasteiger partial charge in [0.2, 0.25) is 0 Å². The van der Waals surface area contributed by atoms with Crippen LogP contribution in [-0.2, 0) is 19.5 Å². The van der Waals surface area contributed by atoms with Gasteiger partial charge < -0.3 is 9.40 Å². The highest BCUT2D eigenvalue weighted by molar-refractivity contribution is 7.11. The molecule has 1 N–H and O–H groups in total. The number of hydrogen-bond acceptors (Lipinski definition) is 6. The molecule has 6 nitrogen and oxygen atoms in total. The lowest BCUT2D eigenvalue weighted by molar-refractivity contribution is 0.242. The Kier molecular flexibility index (Phi) is 3.82. The van der Waals surface area contributed by atoms with Gasteiger partial charge in [-0.15, -0.1) is 11.3 Å². The number of hydrogen-bond donors (Lipinski definition) is 1. The second kappa shape index (κ2) is 5.99. The summed E-state index contributed by atoms with van der Waals surface area (Å²) in [5.74, 6) is 1.08. The highest BCUT2D eigenvalue weighted by atomic mass is 32.1. The maximum absolute atomic E-state index is 12.3. The van der Waals surface area contributed by atoms with Crippen LogP contribution in [0, 0.1) is 13.8 Å². The van der Waals surface area contributed by atoms with Crippen molar-refractivity contribution in [1.29, 1.82) is 0 Å². The minimum Gasteiger partial charge on any atom is -0.461 e. The summed E-state index contributed by atoms with van der Waals surface area (Å²) in [5, 5.41) is 1.09. The molecule has 0 saturated carbocycles. The van der Waals surface area contributed by atoms with Crippen LogP contribution in [0.1, 0.15) is 26.8 Å². The summed E-state index contributed by atoms with van der Waals surface area (Å²) in [4.78, 5) is 27.9. The molecule has 0 aromatic carbocycles. The van der Waals surface area contributed by atoms with Crippen LogP contribution in [-0.4, -0.2) is 26.4 Å². The Balaban J connectivity index is 1.62. The first-order valence-electron chi connectivity index (χ1n) is 7.91. The largest absolute Gasteiger partial charge is 0.461 e. The minimum atomic E-state index is -0.0594. The summed E-state index contributed by atoms with van der Waals surface area (Å²) in [6.07, 6.45) is 2.29. The quantitative estimate of drug-likeness (QED) is 0.792. The molecule has 1 aliphatic heterocycles. The number of rotatable bonds is 3. The number of aryl methyl sites for hydroxylation is 2. The molecular formula is C17H18N4O2S. The van der Waals surface area contributed by atoms with Crippen molar-refractivity contribution in [2.75, 3.05) is 6.54 Å². The van der Waals surface area contributed by atoms with Crippen molar-refractivity contribution >= 4 is 11.3 Å². The normalized spacial score (nSPS) is 14.8. The van der Waals surface area contributed by atoms with Gasteiger partial charge in [0.15, 0.2) is 11.6 Å². The zero-order chi connectivity index (χ0) is 16.7. The SMILES string of the molecule is Cc1nc(C)c(CN2CCc3c(nc(-c4ccco4)[nH]c3=O)C2)s1. The molecule has 0 atom stereocenters. The van der Waals surface area contributed by atoms with Crippen LogP contribution < -0.4 is 5.56 Å². The summed E-state index contributed by atoms with van der Waals surface area (Å²) in [6.45, 7) is 6.46. The third kappa shape index (κ3) is 2.81. The smallest absolute Gasteiger partial charge is 0.254 e. The molecular weight excluding hydrogens is 324 g/mol. The van der Waals surface area contributed by atoms with Gasteiger partial charge >= 0.3 is 0 Å². The number of aromatic amines is 1. The van der Waals surface area contributed by atoms with E-state index in [1.165, 1.54) is 4.88 Å². The molecule has 0 fully saturated rings. The first kappa shape index (κ1) is 15.3. The van der Waals surface area contributed by atoms with E-state index in [-0.39, 0.29) is 5.56 Å². The Labute approximate surface area is 143 Å². The second-order valence-electron chi connectivity index (χ2n) is 6.02. The van der Waals surface area contributed by atoms with E-state index in [4.69, 9.17) is 4.42 Å². The van der Waals surface area contributed by atoms with Gasteiger partial charge in [-0.25, -0.2) is 9.97 Å². The number of H-pyrrole nitrogens is 1. The molecule has 3 aromatic heterocycles. The highest BCUT2D eigenvalue weighted by Crippen LogP contribution is 2.23. The lowest BCUT2D eigenvalue weighted by Crippen LogP contribution is -2.35. The van der Waals surface area contributed by atoms with E-state index >= 15 is 0 Å². The third-order valence-electron chi connectivity index (χ3n) is 4.27. The van der Waals surface area contributed by atoms with Gasteiger partial charge in [-0.3, -0.25) is 9.69 Å². The van der Waals surface area contributed by atoms with Crippen molar-refractivity contribution < 1.29 is 4.42 Å². The van der Waals surface area contributed by atoms with Crippen molar-refractivity contribution in [3.63, 3.8) is 0 Å². The number of nitrogens with zero attached hydrogens (tertiary/aromatic N) is 3. The molecule has 0 amide bonds. The maximum Gasteiger partial charge on any atom is 0.254 e. The summed E-state index contributed by atoms with van der Waals surface area (Å²) >= 11 is 1.74. The van der Waals surface area contributed by atoms with Crippen LogP contribution in [0.3, 0.4) is 0 Å². The Bertz CT molecular complexity index is 927. The molecule has 0 bridgehead atoms. The lowest BCUT2D eigenvalue weighted by atomic mass is 10.1. The van der Waals surface area contributed by atoms with Gasteiger partial charge in [0, 0.05) is 30.1 Å². The zero-order valence-corrected chi connectivity index (χ0v) is 14.4. The Hall–Kier alpha value is -2.25. The van der Waals surface area contributed by atoms with Gasteiger partial charge in [-0.05, 0) is 32.4 Å². The minimum absolute atomic E-state index is 0.0594. The molecule has 124 valence electrons. The molecule has 7 heteroatoms. The number of thiazole rings is 1. The topological polar surface area (TPSA) is 75.0 Å². The molecule has 0 aliphatic carbocycles. The molecule has 4 rings (SSSR count). The molecule has 3 aromatic rings. The van der Waals surface area contributed by atoms with Crippen molar-refractivity contribution in [3.05, 3.63) is 55.6 Å². The van der Waals surface area contributed by atoms with Crippen LogP contribution in [0.4, 0.5) is 0 Å². The lowest BCUT2D eigenvalue weighted by Gasteiger charge is -2.27. The molecule has 0 unspecified atom stereocenters. The number of fused-ring (bicyclic) bond motifs is 1. The molecule has 24 heavy (non-hydrogen) atoms. The fourth-order valence-corrected chi connectivity index (χ4v) is 4.06. The van der Waals surface area contributed by atoms with Crippen LogP contribution >= 0.6 is 11.3 Å². The van der Waals surface area contributed by atoms with Gasteiger partial charge in [0.05, 0.1) is 22.7 Å². The summed E-state index contributed by atoms with van der Waals surface area (Å²) in [6, 6.07) is 3.59. The molecule has 0 saturated heterocycles. The monoisotopic (exact) mass is 342 g/mol. The van der Waals surface area contributed by atoms with Crippen LogP contribution in [0.25, 0.3) is 11.6 Å². The van der Waals surface area contributed by atoms with Crippen molar-refractivity contribution in [2.45, 2.75) is 33.4 Å². The highest BCUT2D eigenvalue weighted by Gasteiger charge is 2.23. The zero-order valence-electron chi connectivity index (χ0n) is 13.6. The van der Waals surface area contributed by atoms with Crippen LogP contribution in [0.2, 0.25) is 0 Å². The third-order valence-corrected chi connectivity index (χ3v) is 5.33. The molecule has 1 aliphatic rings. The van der Waals surface area contributed by atoms with E-state index < -0.39 is 0 Å². The van der Waals surface area contributed by atoms with E-state index in [1.807, 2.05) is 6.92 Å². The maximum atomic E-state index is 12.3. The number of nitrogens with one attached hydrogen (secondary N) is 1. The average molecular weight is 342 g/mol. The molecule has 0 spiro atoms. The van der Waals surface area contributed by atoms with E-state index in [0.29, 0.717) is 24.6 Å². The summed E-state index contributed by atoms with van der Waals surface area (Å²) < 4.78 is 5.35. The average Bonchev–Trinajstić information content (AvgIpc) is 3.17. The van der Waals surface area contributed by atoms with Crippen molar-refractivity contribution in [2.24, 2.45) is 0 Å². The Morgan fingerprint density at radius 2 is 2.25 bits per heavy atom. The Morgan fingerprint density at radius 3 is 2.96 bits per heavy atom. The van der Waals surface area contributed by atoms with Gasteiger partial charge in [-0.1, -0.05) is 0 Å². The fraction of sp³-hybridized carbons (Fsp3) is 0.353. The van der Waals surface area contributed by atoms with Gasteiger partial charge in [0.25, 0.3) is 5.56 Å². The van der Waals surface area contributed by atoms with E-state index in [2.05, 4.69) is 26.8 Å². The molecule has 4 heterocycles. The first-order chi connectivity index (χ1) is 11.6. The summed E-state index contributed by atoms with van der Waals surface area (Å²) in [7, 11) is 0. The van der Waals surface area contributed by atoms with Crippen molar-refractivity contribution in [1.82, 2.24) is 19.9 Å². The fourth-order valence-electron chi connectivity index (χ4n) is 3.08. The van der Waals surface area contributed by atoms with E-state index in [0.717, 1.165) is 35.0 Å². The first-order valence-corrected chi connectivity index (χ1v) is 8.73. The van der Waals surface area contributed by atoms with Gasteiger partial charge in [-0.2, -0.15) is 0 Å². The standard InChI is InChI=1S/C17H18N4O2S/c1-10-15(24-11(2)18-10)9-21-6-5-12-13(8-21)19-16(20-17(12)22)14-4-3-7-23-14/h3-4,7H,5-6,8-9H2,1-2H3,(H,19,20,22). The summed E-state index contributed by atoms with van der Waals surface area (Å²) in [5.41, 5.74) is 2.67. The van der Waals surface area contributed by atoms with Crippen molar-refractivity contribution in [3.8, 4) is 11.6 Å².